The van der Waals surface area contributed by atoms with E-state index in [-0.39, 0.29) is 16.8 Å². The Bertz CT molecular complexity index is 656. The molecule has 0 atom stereocenters. The van der Waals surface area contributed by atoms with Gasteiger partial charge in [0.25, 0.3) is 5.91 Å². The number of ether oxygens (including phenoxy) is 1. The largest absolute Gasteiger partial charge is 0.462 e. The summed E-state index contributed by atoms with van der Waals surface area (Å²) in [5.41, 5.74) is 1.20. The van der Waals surface area contributed by atoms with E-state index < -0.39 is 5.97 Å². The highest BCUT2D eigenvalue weighted by atomic mass is 35.5. The SMILES string of the molecule is CCOC(=O)c1ccc(NC(=O)c2cccc(Cl)n2)cc1. The highest BCUT2D eigenvalue weighted by Crippen LogP contribution is 2.12. The Kier molecular flexibility index (Phi) is 4.90. The summed E-state index contributed by atoms with van der Waals surface area (Å²) in [6.07, 6.45) is 0. The fourth-order valence-corrected chi connectivity index (χ4v) is 1.80. The first-order chi connectivity index (χ1) is 10.1. The number of hydrogen-bond donors (Lipinski definition) is 1. The molecule has 0 unspecified atom stereocenters. The summed E-state index contributed by atoms with van der Waals surface area (Å²) in [4.78, 5) is 27.4. The smallest absolute Gasteiger partial charge is 0.338 e. The van der Waals surface area contributed by atoms with Gasteiger partial charge in [-0.2, -0.15) is 0 Å². The molecule has 108 valence electrons. The van der Waals surface area contributed by atoms with Gasteiger partial charge in [0.05, 0.1) is 12.2 Å². The molecule has 0 spiro atoms. The number of pyridine rings is 1. The molecule has 2 rings (SSSR count). The van der Waals surface area contributed by atoms with Gasteiger partial charge in [-0.15, -0.1) is 0 Å². The number of halogens is 1. The fourth-order valence-electron chi connectivity index (χ4n) is 1.63. The molecule has 0 saturated heterocycles. The number of nitrogens with one attached hydrogen (secondary N) is 1. The topological polar surface area (TPSA) is 68.3 Å². The third-order valence-electron chi connectivity index (χ3n) is 2.60. The Hall–Kier alpha value is -2.40. The standard InChI is InChI=1S/C15H13ClN2O3/c1-2-21-15(20)10-6-8-11(9-7-10)17-14(19)12-4-3-5-13(16)18-12/h3-9H,2H2,1H3,(H,17,19). The number of aromatic nitrogens is 1. The van der Waals surface area contributed by atoms with Crippen LogP contribution in [0.5, 0.6) is 0 Å². The molecule has 1 aromatic carbocycles. The zero-order chi connectivity index (χ0) is 15.2. The summed E-state index contributed by atoms with van der Waals surface area (Å²) in [5, 5.41) is 2.92. The number of nitrogens with zero attached hydrogens (tertiary/aromatic N) is 1. The number of benzene rings is 1. The van der Waals surface area contributed by atoms with Crippen molar-refractivity contribution in [2.24, 2.45) is 0 Å². The molecule has 21 heavy (non-hydrogen) atoms. The highest BCUT2D eigenvalue weighted by Gasteiger charge is 2.09. The summed E-state index contributed by atoms with van der Waals surface area (Å²) >= 11 is 5.73. The molecule has 0 radical (unpaired) electrons. The number of amides is 1. The maximum absolute atomic E-state index is 12.0. The first kappa shape index (κ1) is 15.0. The van der Waals surface area contributed by atoms with Gasteiger partial charge in [-0.3, -0.25) is 4.79 Å². The van der Waals surface area contributed by atoms with Crippen molar-refractivity contribution in [2.45, 2.75) is 6.92 Å². The highest BCUT2D eigenvalue weighted by molar-refractivity contribution is 6.29. The van der Waals surface area contributed by atoms with Crippen LogP contribution < -0.4 is 5.32 Å². The quantitative estimate of drug-likeness (QED) is 0.696. The van der Waals surface area contributed by atoms with Crippen LogP contribution >= 0.6 is 11.6 Å². The van der Waals surface area contributed by atoms with Gasteiger partial charge in [0.15, 0.2) is 0 Å². The van der Waals surface area contributed by atoms with E-state index in [2.05, 4.69) is 10.3 Å². The van der Waals surface area contributed by atoms with E-state index in [0.717, 1.165) is 0 Å². The second-order valence-corrected chi connectivity index (χ2v) is 4.48. The van der Waals surface area contributed by atoms with E-state index in [9.17, 15) is 9.59 Å². The minimum absolute atomic E-state index is 0.219. The summed E-state index contributed by atoms with van der Waals surface area (Å²) in [5.74, 6) is -0.770. The third kappa shape index (κ3) is 4.03. The van der Waals surface area contributed by atoms with Crippen LogP contribution in [0.1, 0.15) is 27.8 Å². The number of hydrogen-bond acceptors (Lipinski definition) is 4. The summed E-state index contributed by atoms with van der Waals surface area (Å²) in [7, 11) is 0. The monoisotopic (exact) mass is 304 g/mol. The first-order valence-electron chi connectivity index (χ1n) is 6.31. The van der Waals surface area contributed by atoms with E-state index in [4.69, 9.17) is 16.3 Å². The van der Waals surface area contributed by atoms with Crippen molar-refractivity contribution in [1.82, 2.24) is 4.98 Å². The Labute approximate surface area is 126 Å². The molecule has 1 heterocycles. The minimum atomic E-state index is -0.396. The molecule has 6 heteroatoms. The second-order valence-electron chi connectivity index (χ2n) is 4.10. The summed E-state index contributed by atoms with van der Waals surface area (Å²) < 4.78 is 4.88. The molecule has 5 nitrogen and oxygen atoms in total. The molecule has 0 aliphatic carbocycles. The van der Waals surface area contributed by atoms with Crippen LogP contribution in [0.25, 0.3) is 0 Å². The summed E-state index contributed by atoms with van der Waals surface area (Å²) in [6, 6.07) is 11.2. The van der Waals surface area contributed by atoms with E-state index in [1.54, 1.807) is 49.4 Å². The maximum atomic E-state index is 12.0. The van der Waals surface area contributed by atoms with Gasteiger partial charge in [-0.05, 0) is 43.3 Å². The van der Waals surface area contributed by atoms with E-state index in [1.165, 1.54) is 0 Å². The molecule has 2 aromatic rings. The van der Waals surface area contributed by atoms with Crippen molar-refractivity contribution >= 4 is 29.2 Å². The Morgan fingerprint density at radius 3 is 2.52 bits per heavy atom. The van der Waals surface area contributed by atoms with Crippen molar-refractivity contribution in [2.75, 3.05) is 11.9 Å². The van der Waals surface area contributed by atoms with Crippen molar-refractivity contribution in [3.63, 3.8) is 0 Å². The lowest BCUT2D eigenvalue weighted by Crippen LogP contribution is -2.13. The number of carbonyl (C=O) groups excluding carboxylic acids is 2. The van der Waals surface area contributed by atoms with E-state index in [0.29, 0.717) is 17.9 Å². The molecule has 0 saturated carbocycles. The van der Waals surface area contributed by atoms with Gasteiger partial charge in [0.2, 0.25) is 0 Å². The second kappa shape index (κ2) is 6.85. The van der Waals surface area contributed by atoms with Crippen LogP contribution in [0.2, 0.25) is 5.15 Å². The van der Waals surface area contributed by atoms with Gasteiger partial charge in [0, 0.05) is 5.69 Å². The van der Waals surface area contributed by atoms with Gasteiger partial charge in [-0.1, -0.05) is 17.7 Å². The third-order valence-corrected chi connectivity index (χ3v) is 2.81. The Morgan fingerprint density at radius 1 is 1.19 bits per heavy atom. The summed E-state index contributed by atoms with van der Waals surface area (Å²) in [6.45, 7) is 2.06. The molecule has 0 aliphatic rings. The minimum Gasteiger partial charge on any atom is -0.462 e. The van der Waals surface area contributed by atoms with Crippen molar-refractivity contribution in [3.05, 3.63) is 58.9 Å². The Balaban J connectivity index is 2.06. The Morgan fingerprint density at radius 2 is 1.90 bits per heavy atom. The first-order valence-corrected chi connectivity index (χ1v) is 6.69. The number of rotatable bonds is 4. The van der Waals surface area contributed by atoms with Gasteiger partial charge >= 0.3 is 5.97 Å². The number of carbonyl (C=O) groups is 2. The van der Waals surface area contributed by atoms with Crippen LogP contribution in [0.4, 0.5) is 5.69 Å². The average molecular weight is 305 g/mol. The molecule has 0 aliphatic heterocycles. The zero-order valence-electron chi connectivity index (χ0n) is 11.3. The predicted molar refractivity (Wildman–Crippen MR) is 79.6 cm³/mol. The number of esters is 1. The zero-order valence-corrected chi connectivity index (χ0v) is 12.1. The van der Waals surface area contributed by atoms with E-state index in [1.807, 2.05) is 0 Å². The molecule has 1 aromatic heterocycles. The predicted octanol–water partition coefficient (Wildman–Crippen LogP) is 3.16. The molecule has 0 fully saturated rings. The van der Waals surface area contributed by atoms with Crippen LogP contribution in [0.3, 0.4) is 0 Å². The van der Waals surface area contributed by atoms with Gasteiger partial charge < -0.3 is 10.1 Å². The van der Waals surface area contributed by atoms with Crippen molar-refractivity contribution in [3.8, 4) is 0 Å². The maximum Gasteiger partial charge on any atom is 0.338 e. The normalized spacial score (nSPS) is 10.0. The molecule has 1 amide bonds. The lowest BCUT2D eigenvalue weighted by molar-refractivity contribution is 0.0526. The van der Waals surface area contributed by atoms with Crippen molar-refractivity contribution < 1.29 is 14.3 Å². The lowest BCUT2D eigenvalue weighted by atomic mass is 10.2. The average Bonchev–Trinajstić information content (AvgIpc) is 2.48. The molecule has 0 bridgehead atoms. The van der Waals surface area contributed by atoms with E-state index >= 15 is 0 Å². The van der Waals surface area contributed by atoms with Crippen LogP contribution in [0, 0.1) is 0 Å². The fraction of sp³-hybridized carbons (Fsp3) is 0.133. The van der Waals surface area contributed by atoms with Gasteiger partial charge in [-0.25, -0.2) is 9.78 Å². The lowest BCUT2D eigenvalue weighted by Gasteiger charge is -2.06. The molecular weight excluding hydrogens is 292 g/mol. The van der Waals surface area contributed by atoms with Gasteiger partial charge in [0.1, 0.15) is 10.8 Å². The molecule has 1 N–H and O–H groups in total. The van der Waals surface area contributed by atoms with Crippen molar-refractivity contribution in [1.29, 1.82) is 0 Å². The molecular formula is C15H13ClN2O3. The van der Waals surface area contributed by atoms with Crippen LogP contribution in [0.15, 0.2) is 42.5 Å². The van der Waals surface area contributed by atoms with Crippen LogP contribution in [-0.2, 0) is 4.74 Å². The van der Waals surface area contributed by atoms with Crippen LogP contribution in [-0.4, -0.2) is 23.5 Å². The number of anilines is 1.